The Hall–Kier alpha value is -12.0. The van der Waals surface area contributed by atoms with Gasteiger partial charge >= 0.3 is 17.9 Å². The first-order valence-electron chi connectivity index (χ1n) is 45.4. The zero-order valence-corrected chi connectivity index (χ0v) is 85.0. The van der Waals surface area contributed by atoms with Gasteiger partial charge in [0.25, 0.3) is 11.8 Å². The summed E-state index contributed by atoms with van der Waals surface area (Å²) in [5.41, 5.74) is 23.0. The number of amides is 2. The molecule has 11 aromatic heterocycles. The number of hydrogen-bond donors (Lipinski definition) is 3. The molecule has 0 bridgehead atoms. The van der Waals surface area contributed by atoms with E-state index in [1.54, 1.807) is 38.1 Å². The number of furan rings is 1. The van der Waals surface area contributed by atoms with Crippen molar-refractivity contribution in [3.63, 3.8) is 0 Å². The van der Waals surface area contributed by atoms with Crippen LogP contribution in [0.15, 0.2) is 126 Å². The maximum absolute atomic E-state index is 13.5. The largest absolute Gasteiger partial charge is 0.497 e. The predicted octanol–water partition coefficient (Wildman–Crippen LogP) is 26.4. The number of pyridine rings is 5. The fraction of sp³-hybridized carbons (Fsp3) is 0.364. The number of piperidine rings is 1. The molecule has 1 atom stereocenters. The number of hydrogen-bond acceptors (Lipinski definition) is 25. The summed E-state index contributed by atoms with van der Waals surface area (Å²) in [6, 6.07) is 35.1. The Kier molecular flexibility index (Phi) is 29.8. The highest BCUT2D eigenvalue weighted by Crippen LogP contribution is 2.50. The topological polar surface area (TPSA) is 275 Å². The molecule has 3 N–H and O–H groups in total. The van der Waals surface area contributed by atoms with Gasteiger partial charge in [-0.2, -0.15) is 0 Å². The molecule has 3 aliphatic rings. The van der Waals surface area contributed by atoms with Crippen molar-refractivity contribution in [2.45, 2.75) is 227 Å². The number of thiophene rings is 5. The van der Waals surface area contributed by atoms with Crippen molar-refractivity contribution >= 4 is 143 Å². The number of nitrogens with one attached hydrogen (secondary N) is 2. The van der Waals surface area contributed by atoms with Crippen LogP contribution in [0.3, 0.4) is 0 Å². The molecule has 134 heavy (non-hydrogen) atoms. The van der Waals surface area contributed by atoms with Gasteiger partial charge in [-0.15, -0.1) is 56.7 Å². The van der Waals surface area contributed by atoms with E-state index in [4.69, 9.17) is 57.5 Å². The number of carbonyl (C=O) groups excluding carboxylic acids is 5. The van der Waals surface area contributed by atoms with E-state index < -0.39 is 16.8 Å². The fourth-order valence-electron chi connectivity index (χ4n) is 17.8. The maximum Gasteiger partial charge on any atom is 0.349 e. The Balaban J connectivity index is 0.000000135. The minimum absolute atomic E-state index is 0.0810. The first kappa shape index (κ1) is 98.0. The van der Waals surface area contributed by atoms with Crippen LogP contribution in [0.1, 0.15) is 248 Å². The third-order valence-electron chi connectivity index (χ3n) is 23.9. The molecular formula is C107H118N8O14S5. The number of nitrogens with zero attached hydrogens (tertiary/aromatic N) is 6. The molecule has 0 saturated carbocycles. The van der Waals surface area contributed by atoms with Crippen LogP contribution < -0.4 is 29.6 Å². The average molecular weight is 1900 g/mol. The van der Waals surface area contributed by atoms with Gasteiger partial charge in [-0.25, -0.2) is 39.3 Å². The second-order valence-corrected chi connectivity index (χ2v) is 41.5. The lowest BCUT2D eigenvalue weighted by atomic mass is 9.95. The molecule has 14 heterocycles. The van der Waals surface area contributed by atoms with Gasteiger partial charge in [0, 0.05) is 96.3 Å². The van der Waals surface area contributed by atoms with Crippen molar-refractivity contribution in [2.24, 2.45) is 0 Å². The minimum atomic E-state index is -0.577. The average Bonchev–Trinajstić information content (AvgIpc) is 1.59. The normalized spacial score (nSPS) is 13.5. The van der Waals surface area contributed by atoms with E-state index >= 15 is 0 Å². The number of aryl methyl sites for hydroxylation is 9. The molecule has 27 heteroatoms. The highest BCUT2D eigenvalue weighted by atomic mass is 32.1. The number of rotatable bonds is 16. The van der Waals surface area contributed by atoms with Crippen molar-refractivity contribution in [3.8, 4) is 67.5 Å². The van der Waals surface area contributed by atoms with Gasteiger partial charge < -0.3 is 58.2 Å². The molecule has 3 aliphatic heterocycles. The molecule has 0 spiro atoms. The number of esters is 3. The van der Waals surface area contributed by atoms with Gasteiger partial charge in [-0.05, 0) is 290 Å². The van der Waals surface area contributed by atoms with E-state index in [-0.39, 0.29) is 49.3 Å². The number of carbonyl (C=O) groups is 5. The summed E-state index contributed by atoms with van der Waals surface area (Å²) in [6.07, 6.45) is 10.0. The van der Waals surface area contributed by atoms with E-state index in [9.17, 15) is 29.1 Å². The summed E-state index contributed by atoms with van der Waals surface area (Å²) in [6.45, 7) is 45.8. The van der Waals surface area contributed by atoms with Gasteiger partial charge in [-0.3, -0.25) is 9.59 Å². The molecule has 1 saturated heterocycles. The highest BCUT2D eigenvalue weighted by Gasteiger charge is 2.36. The van der Waals surface area contributed by atoms with E-state index in [1.807, 2.05) is 192 Å². The zero-order valence-electron chi connectivity index (χ0n) is 80.9. The molecule has 1 fully saturated rings. The molecule has 2 amide bonds. The standard InChI is InChI=1S/C24H28N2O2S.C23H25NO4S.C23H27NO3S.C20H23NO3S.C17H15N3O2S/c1-5-19-15(2)20-21(17-9-11-18(28-4)12-10-17)22(29-23(20)25-16(19)3)24(27)26-13-7-6-8-14-26;1-7-15-12(2)18-19(14-8-9-16-17(10-14)27-11-26-16)20(22(25)28-23(4,5)6)29-21(18)24-13(15)3;1-8-17-13(2)18-19(15-9-11-16(26-7)12-10-15)20(22(25)27-23(4,5)6)28-21(18)24-14(17)3;1-7-14-11(2)15-16(13-8-9-23-10-13)17(19(22)24-20(4,5)6)25-18(15)21-12(14)3;1-9-7-11(8-21)12-13-14(23-17(12)18-9)16(22)20-15(19-13)10-5-3-2-4-6-10/h9-12H,5-8,13-14H2,1-4H3;8-10H,7,11H2,1-6H3;9-12H,8H2,1-7H3;8-10H,7H2,1-6H3;2-7,15,19,21H,8H2,1H3,(H,20,22). The van der Waals surface area contributed by atoms with Gasteiger partial charge in [0.2, 0.25) is 6.79 Å². The van der Waals surface area contributed by atoms with Crippen LogP contribution in [0, 0.1) is 62.3 Å². The van der Waals surface area contributed by atoms with E-state index in [2.05, 4.69) is 90.1 Å². The van der Waals surface area contributed by atoms with Crippen LogP contribution in [0.25, 0.3) is 95.6 Å². The van der Waals surface area contributed by atoms with Crippen molar-refractivity contribution in [1.29, 1.82) is 0 Å². The fourth-order valence-corrected chi connectivity index (χ4v) is 23.8. The number of aliphatic hydroxyl groups excluding tert-OH is 1. The highest BCUT2D eigenvalue weighted by molar-refractivity contribution is 7.23. The Morgan fingerprint density at radius 1 is 0.455 bits per heavy atom. The number of anilines is 1. The number of ether oxygens (including phenoxy) is 7. The summed E-state index contributed by atoms with van der Waals surface area (Å²) in [5.74, 6) is 2.07. The summed E-state index contributed by atoms with van der Waals surface area (Å²) in [4.78, 5) is 98.3. The van der Waals surface area contributed by atoms with E-state index in [0.29, 0.717) is 31.0 Å². The van der Waals surface area contributed by atoms with E-state index in [0.717, 1.165) is 214 Å². The molecule has 15 aromatic rings. The molecule has 18 rings (SSSR count). The first-order valence-corrected chi connectivity index (χ1v) is 49.5. The van der Waals surface area contributed by atoms with Crippen molar-refractivity contribution in [2.75, 3.05) is 39.4 Å². The lowest BCUT2D eigenvalue weighted by Gasteiger charge is -2.26. The molecule has 1 unspecified atom stereocenters. The molecule has 0 radical (unpaired) electrons. The van der Waals surface area contributed by atoms with Crippen molar-refractivity contribution < 1.29 is 66.7 Å². The number of fused-ring (bicyclic) bond motifs is 8. The number of likely N-dealkylation sites (tertiary alicyclic amines) is 1. The Morgan fingerprint density at radius 2 is 0.851 bits per heavy atom. The number of benzene rings is 4. The molecule has 4 aromatic carbocycles. The quantitative estimate of drug-likeness (QED) is 0.0599. The third kappa shape index (κ3) is 20.6. The van der Waals surface area contributed by atoms with Crippen LogP contribution in [0.5, 0.6) is 23.0 Å². The van der Waals surface area contributed by atoms with E-state index in [1.165, 1.54) is 90.7 Å². The van der Waals surface area contributed by atoms with Crippen LogP contribution >= 0.6 is 56.7 Å². The molecular weight excluding hydrogens is 1780 g/mol. The molecule has 0 aliphatic carbocycles. The SMILES string of the molecule is CCc1c(C)nc2sc(C(=O)N3CCCCC3)c(-c3ccc(OC)cc3)c2c1C.CCc1c(C)nc2sc(C(=O)OC(C)(C)C)c(-c3ccc(OC)cc3)c2c1C.CCc1c(C)nc2sc(C(=O)OC(C)(C)C)c(-c3ccc4c(c3)OCO4)c2c1C.CCc1c(C)nc2sc(C(=O)OC(C)(C)C)c(-c3ccoc3)c2c1C.Cc1cc(CO)c2c3c(sc2n1)C(=O)NC(c1ccccc1)N3. The lowest BCUT2D eigenvalue weighted by molar-refractivity contribution is 0.00634. The zero-order chi connectivity index (χ0) is 96.4. The Morgan fingerprint density at radius 3 is 1.25 bits per heavy atom. The van der Waals surface area contributed by atoms with Crippen LogP contribution in [0.2, 0.25) is 0 Å². The van der Waals surface area contributed by atoms with Crippen LogP contribution in [-0.2, 0) is 46.5 Å². The second-order valence-electron chi connectivity index (χ2n) is 36.5. The Labute approximate surface area is 803 Å². The lowest BCUT2D eigenvalue weighted by Crippen LogP contribution is -2.37. The van der Waals surface area contributed by atoms with Gasteiger partial charge in [0.1, 0.15) is 83.0 Å². The van der Waals surface area contributed by atoms with Gasteiger partial charge in [0.15, 0.2) is 11.5 Å². The monoisotopic (exact) mass is 1900 g/mol. The van der Waals surface area contributed by atoms with Crippen molar-refractivity contribution in [3.05, 3.63) is 230 Å². The summed E-state index contributed by atoms with van der Waals surface area (Å²) >= 11 is 7.09. The minimum Gasteiger partial charge on any atom is -0.497 e. The number of aromatic nitrogens is 5. The molecule has 700 valence electrons. The number of aliphatic hydroxyl groups is 1. The number of methoxy groups -OCH3 is 2. The summed E-state index contributed by atoms with van der Waals surface area (Å²) in [7, 11) is 3.32. The first-order chi connectivity index (χ1) is 63.8. The maximum atomic E-state index is 13.5. The van der Waals surface area contributed by atoms with Gasteiger partial charge in [0.05, 0.1) is 39.0 Å². The Bertz CT molecular complexity index is 6960. The molecule has 22 nitrogen and oxygen atoms in total. The summed E-state index contributed by atoms with van der Waals surface area (Å²) in [5, 5.41) is 21.1. The summed E-state index contributed by atoms with van der Waals surface area (Å²) < 4.78 is 44.0. The van der Waals surface area contributed by atoms with Crippen LogP contribution in [-0.4, -0.2) is 116 Å². The van der Waals surface area contributed by atoms with Crippen LogP contribution in [0.4, 0.5) is 5.69 Å². The van der Waals surface area contributed by atoms with Crippen molar-refractivity contribution in [1.82, 2.24) is 35.1 Å². The third-order valence-corrected chi connectivity index (χ3v) is 29.2. The second kappa shape index (κ2) is 40.7. The predicted molar refractivity (Wildman–Crippen MR) is 543 cm³/mol. The smallest absolute Gasteiger partial charge is 0.349 e. The van der Waals surface area contributed by atoms with Gasteiger partial charge in [-0.1, -0.05) is 88.4 Å².